The summed E-state index contributed by atoms with van der Waals surface area (Å²) in [6.07, 6.45) is 3.41. The highest BCUT2D eigenvalue weighted by Gasteiger charge is 2.08. The van der Waals surface area contributed by atoms with Crippen LogP contribution in [0.1, 0.15) is 35.5 Å². The van der Waals surface area contributed by atoms with E-state index in [9.17, 15) is 4.79 Å². The van der Waals surface area contributed by atoms with Crippen LogP contribution in [0.15, 0.2) is 70.4 Å². The van der Waals surface area contributed by atoms with E-state index in [1.807, 2.05) is 36.4 Å². The predicted octanol–water partition coefficient (Wildman–Crippen LogP) is 4.30. The molecular formula is C22H24BrN5O. The van der Waals surface area contributed by atoms with Crippen molar-refractivity contribution < 1.29 is 4.79 Å². The number of carbonyl (C=O) groups excluding carboxylic acids is 1. The zero-order valence-electron chi connectivity index (χ0n) is 16.5. The fourth-order valence-corrected chi connectivity index (χ4v) is 3.19. The van der Waals surface area contributed by atoms with Crippen molar-refractivity contribution in [3.8, 4) is 0 Å². The zero-order valence-corrected chi connectivity index (χ0v) is 18.1. The molecule has 150 valence electrons. The molecule has 0 aliphatic rings. The van der Waals surface area contributed by atoms with E-state index >= 15 is 0 Å². The Morgan fingerprint density at radius 1 is 1.10 bits per heavy atom. The minimum Gasteiger partial charge on any atom is -0.372 e. The van der Waals surface area contributed by atoms with Crippen LogP contribution in [0.5, 0.6) is 0 Å². The van der Waals surface area contributed by atoms with Gasteiger partial charge in [-0.3, -0.25) is 9.48 Å². The molecule has 2 aromatic carbocycles. The molecule has 7 heteroatoms. The van der Waals surface area contributed by atoms with Gasteiger partial charge in [-0.1, -0.05) is 40.2 Å². The number of aromatic nitrogens is 2. The fourth-order valence-electron chi connectivity index (χ4n) is 2.93. The molecule has 0 bridgehead atoms. The molecule has 0 aliphatic carbocycles. The van der Waals surface area contributed by atoms with Gasteiger partial charge in [-0.2, -0.15) is 10.2 Å². The van der Waals surface area contributed by atoms with Crippen LogP contribution >= 0.6 is 15.9 Å². The van der Waals surface area contributed by atoms with E-state index in [4.69, 9.17) is 0 Å². The van der Waals surface area contributed by atoms with E-state index in [1.165, 1.54) is 5.69 Å². The number of amides is 1. The summed E-state index contributed by atoms with van der Waals surface area (Å²) in [5, 5.41) is 8.36. The third kappa shape index (κ3) is 5.77. The first-order chi connectivity index (χ1) is 14.1. The summed E-state index contributed by atoms with van der Waals surface area (Å²) in [5.41, 5.74) is 6.06. The van der Waals surface area contributed by atoms with Crippen LogP contribution in [0.3, 0.4) is 0 Å². The van der Waals surface area contributed by atoms with E-state index in [1.54, 1.807) is 23.2 Å². The lowest BCUT2D eigenvalue weighted by Gasteiger charge is -2.20. The number of rotatable bonds is 8. The van der Waals surface area contributed by atoms with E-state index in [0.29, 0.717) is 12.2 Å². The first-order valence-electron chi connectivity index (χ1n) is 9.55. The number of carbonyl (C=O) groups is 1. The molecule has 3 rings (SSSR count). The Kier molecular flexibility index (Phi) is 7.19. The van der Waals surface area contributed by atoms with Crippen molar-refractivity contribution >= 4 is 33.7 Å². The van der Waals surface area contributed by atoms with Gasteiger partial charge in [0.15, 0.2) is 5.69 Å². The molecule has 0 atom stereocenters. The van der Waals surface area contributed by atoms with Gasteiger partial charge >= 0.3 is 0 Å². The SMILES string of the molecule is CCN(CC)c1ccc(/C=N/NC(=O)c2ccn(Cc3ccc(Br)cc3)n2)cc1. The lowest BCUT2D eigenvalue weighted by Crippen LogP contribution is -2.21. The number of anilines is 1. The molecule has 1 amide bonds. The molecule has 1 N–H and O–H groups in total. The monoisotopic (exact) mass is 453 g/mol. The summed E-state index contributed by atoms with van der Waals surface area (Å²) in [5.74, 6) is -0.337. The largest absolute Gasteiger partial charge is 0.372 e. The zero-order chi connectivity index (χ0) is 20.6. The summed E-state index contributed by atoms with van der Waals surface area (Å²) in [6.45, 7) is 6.80. The lowest BCUT2D eigenvalue weighted by atomic mass is 10.2. The summed E-state index contributed by atoms with van der Waals surface area (Å²) < 4.78 is 2.76. The number of nitrogens with zero attached hydrogens (tertiary/aromatic N) is 4. The van der Waals surface area contributed by atoms with Gasteiger partial charge in [0.05, 0.1) is 12.8 Å². The maximum Gasteiger partial charge on any atom is 0.291 e. The van der Waals surface area contributed by atoms with Crippen LogP contribution in [0, 0.1) is 0 Å². The maximum atomic E-state index is 12.3. The normalized spacial score (nSPS) is 11.0. The minimum atomic E-state index is -0.337. The Bertz CT molecular complexity index is 960. The lowest BCUT2D eigenvalue weighted by molar-refractivity contribution is 0.0949. The first-order valence-corrected chi connectivity index (χ1v) is 10.3. The predicted molar refractivity (Wildman–Crippen MR) is 121 cm³/mol. The number of hydrogen-bond acceptors (Lipinski definition) is 4. The third-order valence-electron chi connectivity index (χ3n) is 4.53. The van der Waals surface area contributed by atoms with E-state index in [0.717, 1.165) is 28.7 Å². The van der Waals surface area contributed by atoms with Crippen LogP contribution in [0.4, 0.5) is 5.69 Å². The number of hydrazone groups is 1. The first kappa shape index (κ1) is 20.8. The van der Waals surface area contributed by atoms with E-state index < -0.39 is 0 Å². The Morgan fingerprint density at radius 3 is 2.45 bits per heavy atom. The minimum absolute atomic E-state index is 0.330. The van der Waals surface area contributed by atoms with Crippen LogP contribution in [-0.4, -0.2) is 35.0 Å². The molecule has 0 unspecified atom stereocenters. The maximum absolute atomic E-state index is 12.3. The molecule has 1 heterocycles. The molecule has 0 radical (unpaired) electrons. The highest BCUT2D eigenvalue weighted by Crippen LogP contribution is 2.14. The number of hydrogen-bond donors (Lipinski definition) is 1. The van der Waals surface area contributed by atoms with E-state index in [2.05, 4.69) is 62.4 Å². The second-order valence-electron chi connectivity index (χ2n) is 6.49. The highest BCUT2D eigenvalue weighted by molar-refractivity contribution is 9.10. The van der Waals surface area contributed by atoms with E-state index in [-0.39, 0.29) is 5.91 Å². The molecule has 0 spiro atoms. The Labute approximate surface area is 179 Å². The van der Waals surface area contributed by atoms with Gasteiger partial charge in [0, 0.05) is 29.4 Å². The van der Waals surface area contributed by atoms with Crippen LogP contribution in [0.25, 0.3) is 0 Å². The molecular weight excluding hydrogens is 430 g/mol. The van der Waals surface area contributed by atoms with Crippen LogP contribution in [0.2, 0.25) is 0 Å². The summed E-state index contributed by atoms with van der Waals surface area (Å²) in [6, 6.07) is 17.8. The Hall–Kier alpha value is -2.93. The molecule has 0 saturated heterocycles. The molecule has 3 aromatic rings. The fraction of sp³-hybridized carbons (Fsp3) is 0.227. The summed E-state index contributed by atoms with van der Waals surface area (Å²) in [7, 11) is 0. The van der Waals surface area contributed by atoms with Gasteiger partial charge in [-0.25, -0.2) is 5.43 Å². The number of nitrogens with one attached hydrogen (secondary N) is 1. The Balaban J connectivity index is 1.55. The topological polar surface area (TPSA) is 62.5 Å². The van der Waals surface area contributed by atoms with Gasteiger partial charge in [0.25, 0.3) is 5.91 Å². The van der Waals surface area contributed by atoms with Gasteiger partial charge < -0.3 is 4.90 Å². The number of benzene rings is 2. The molecule has 1 aromatic heterocycles. The summed E-state index contributed by atoms with van der Waals surface area (Å²) in [4.78, 5) is 14.5. The van der Waals surface area contributed by atoms with Crippen LogP contribution in [-0.2, 0) is 6.54 Å². The number of halogens is 1. The van der Waals surface area contributed by atoms with Crippen LogP contribution < -0.4 is 10.3 Å². The quantitative estimate of drug-likeness (QED) is 0.408. The Morgan fingerprint density at radius 2 is 1.79 bits per heavy atom. The van der Waals surface area contributed by atoms with Crippen molar-refractivity contribution in [2.24, 2.45) is 5.10 Å². The highest BCUT2D eigenvalue weighted by atomic mass is 79.9. The summed E-state index contributed by atoms with van der Waals surface area (Å²) >= 11 is 3.42. The standard InChI is InChI=1S/C22H24BrN5O/c1-3-27(4-2)20-11-7-17(8-12-20)15-24-25-22(29)21-13-14-28(26-21)16-18-5-9-19(23)10-6-18/h5-15H,3-4,16H2,1-2H3,(H,25,29)/b24-15+. The second-order valence-corrected chi connectivity index (χ2v) is 7.40. The molecule has 6 nitrogen and oxygen atoms in total. The van der Waals surface area contributed by atoms with Gasteiger partial charge in [0.2, 0.25) is 0 Å². The molecule has 29 heavy (non-hydrogen) atoms. The molecule has 0 fully saturated rings. The smallest absolute Gasteiger partial charge is 0.291 e. The molecule has 0 aliphatic heterocycles. The van der Waals surface area contributed by atoms with Crippen molar-refractivity contribution in [2.75, 3.05) is 18.0 Å². The van der Waals surface area contributed by atoms with Gasteiger partial charge in [-0.15, -0.1) is 0 Å². The second kappa shape index (κ2) is 10.0. The third-order valence-corrected chi connectivity index (χ3v) is 5.06. The molecule has 0 saturated carbocycles. The van der Waals surface area contributed by atoms with Crippen molar-refractivity contribution in [1.29, 1.82) is 0 Å². The van der Waals surface area contributed by atoms with Crippen molar-refractivity contribution in [3.63, 3.8) is 0 Å². The van der Waals surface area contributed by atoms with Gasteiger partial charge in [0.1, 0.15) is 0 Å². The van der Waals surface area contributed by atoms with Crippen molar-refractivity contribution in [1.82, 2.24) is 15.2 Å². The van der Waals surface area contributed by atoms with Gasteiger partial charge in [-0.05, 0) is 55.3 Å². The van der Waals surface area contributed by atoms with Crippen molar-refractivity contribution in [2.45, 2.75) is 20.4 Å². The average Bonchev–Trinajstić information content (AvgIpc) is 3.20. The van der Waals surface area contributed by atoms with Crippen molar-refractivity contribution in [3.05, 3.63) is 82.1 Å². The average molecular weight is 454 g/mol.